The lowest BCUT2D eigenvalue weighted by atomic mass is 10.1. The van der Waals surface area contributed by atoms with Crippen LogP contribution < -0.4 is 0 Å². The molecule has 0 bridgehead atoms. The van der Waals surface area contributed by atoms with Crippen molar-refractivity contribution in [3.8, 4) is 0 Å². The third kappa shape index (κ3) is 1.20. The lowest BCUT2D eigenvalue weighted by Crippen LogP contribution is -2.20. The summed E-state index contributed by atoms with van der Waals surface area (Å²) in [6, 6.07) is 0. The summed E-state index contributed by atoms with van der Waals surface area (Å²) in [7, 11) is 0. The minimum absolute atomic E-state index is 0.0157. The van der Waals surface area contributed by atoms with Gasteiger partial charge in [-0.2, -0.15) is 27.1 Å². The van der Waals surface area contributed by atoms with Crippen LogP contribution in [0.25, 0.3) is 0 Å². The van der Waals surface area contributed by atoms with Gasteiger partial charge in [-0.15, -0.1) is 0 Å². The molecule has 0 aromatic carbocycles. The first-order chi connectivity index (χ1) is 8.21. The fraction of sp³-hybridized carbons (Fsp3) is 0.727. The summed E-state index contributed by atoms with van der Waals surface area (Å²) in [6.07, 6.45) is -4.67. The van der Waals surface area contributed by atoms with E-state index >= 15 is 0 Å². The van der Waals surface area contributed by atoms with Crippen LogP contribution >= 0.6 is 0 Å². The Hall–Kier alpha value is -1.14. The van der Waals surface area contributed by atoms with Crippen LogP contribution in [0.3, 0.4) is 0 Å². The van der Waals surface area contributed by atoms with Gasteiger partial charge in [-0.25, -0.2) is 0 Å². The molecule has 0 radical (unpaired) electrons. The Morgan fingerprint density at radius 3 is 2.44 bits per heavy atom. The molecule has 0 N–H and O–H groups in total. The van der Waals surface area contributed by atoms with Gasteiger partial charge in [0.05, 0.1) is 0 Å². The van der Waals surface area contributed by atoms with Gasteiger partial charge in [0.15, 0.2) is 5.69 Å². The van der Waals surface area contributed by atoms with Gasteiger partial charge in [-0.3, -0.25) is 4.68 Å². The number of fused-ring (bicyclic) bond motifs is 3. The molecule has 1 heterocycles. The van der Waals surface area contributed by atoms with E-state index in [0.29, 0.717) is 0 Å². The lowest BCUT2D eigenvalue weighted by Gasteiger charge is -2.15. The first-order valence-corrected chi connectivity index (χ1v) is 5.77. The van der Waals surface area contributed by atoms with E-state index in [9.17, 15) is 22.0 Å². The zero-order valence-electron chi connectivity index (χ0n) is 9.72. The highest BCUT2D eigenvalue weighted by Crippen LogP contribution is 2.71. The smallest absolute Gasteiger partial charge is 0.263 e. The molecule has 0 amide bonds. The Bertz CT molecular complexity index is 516. The molecule has 0 saturated heterocycles. The minimum Gasteiger partial charge on any atom is -0.263 e. The van der Waals surface area contributed by atoms with Crippen molar-refractivity contribution in [1.82, 2.24) is 9.78 Å². The Labute approximate surface area is 99.8 Å². The molecule has 2 aliphatic carbocycles. The fourth-order valence-corrected chi connectivity index (χ4v) is 3.20. The molecular weight excluding hydrogens is 255 g/mol. The van der Waals surface area contributed by atoms with Crippen molar-refractivity contribution in [2.75, 3.05) is 0 Å². The average molecular weight is 266 g/mol. The van der Waals surface area contributed by atoms with E-state index < -0.39 is 41.2 Å². The number of hydrogen-bond donors (Lipinski definition) is 0. The topological polar surface area (TPSA) is 17.8 Å². The Morgan fingerprint density at radius 2 is 1.94 bits per heavy atom. The second kappa shape index (κ2) is 3.05. The van der Waals surface area contributed by atoms with Gasteiger partial charge in [0.2, 0.25) is 0 Å². The monoisotopic (exact) mass is 266 g/mol. The summed E-state index contributed by atoms with van der Waals surface area (Å²) in [5, 5.41) is 3.34. The maximum Gasteiger partial charge on any atom is 0.435 e. The van der Waals surface area contributed by atoms with Gasteiger partial charge >= 0.3 is 6.18 Å². The molecule has 3 atom stereocenters. The van der Waals surface area contributed by atoms with Crippen molar-refractivity contribution in [2.45, 2.75) is 38.4 Å². The molecule has 2 nitrogen and oxygen atoms in total. The predicted octanol–water partition coefficient (Wildman–Crippen LogP) is 3.38. The molecule has 2 unspecified atom stereocenters. The largest absolute Gasteiger partial charge is 0.435 e. The number of alkyl halides is 5. The van der Waals surface area contributed by atoms with Gasteiger partial charge in [-0.1, -0.05) is 6.92 Å². The maximum atomic E-state index is 14.0. The third-order valence-electron chi connectivity index (χ3n) is 4.00. The summed E-state index contributed by atoms with van der Waals surface area (Å²) < 4.78 is 67.4. The van der Waals surface area contributed by atoms with E-state index in [-0.39, 0.29) is 12.1 Å². The van der Waals surface area contributed by atoms with Gasteiger partial charge in [0.25, 0.3) is 5.92 Å². The highest BCUT2D eigenvalue weighted by Gasteiger charge is 2.72. The number of nitrogens with zero attached hydrogens (tertiary/aromatic N) is 2. The lowest BCUT2D eigenvalue weighted by molar-refractivity contribution is -0.142. The first-order valence-electron chi connectivity index (χ1n) is 5.77. The summed E-state index contributed by atoms with van der Waals surface area (Å²) in [4.78, 5) is 0. The van der Waals surface area contributed by atoms with Crippen LogP contribution in [0, 0.1) is 11.8 Å². The van der Waals surface area contributed by atoms with Crippen molar-refractivity contribution in [3.05, 3.63) is 17.0 Å². The van der Waals surface area contributed by atoms with Crippen LogP contribution in [-0.2, 0) is 18.6 Å². The SMILES string of the molecule is CCn1nc(C(F)(F)F)c2c1C(F)(F)C1C2[C@H]1C. The van der Waals surface area contributed by atoms with Crippen molar-refractivity contribution in [1.29, 1.82) is 0 Å². The zero-order chi connectivity index (χ0) is 13.5. The number of aryl methyl sites for hydroxylation is 1. The Morgan fingerprint density at radius 1 is 1.33 bits per heavy atom. The molecule has 18 heavy (non-hydrogen) atoms. The van der Waals surface area contributed by atoms with Crippen LogP contribution in [0.5, 0.6) is 0 Å². The summed E-state index contributed by atoms with van der Waals surface area (Å²) in [5.74, 6) is -5.26. The molecule has 0 aliphatic heterocycles. The zero-order valence-corrected chi connectivity index (χ0v) is 9.72. The molecular formula is C11H11F5N2. The van der Waals surface area contributed by atoms with E-state index in [1.165, 1.54) is 6.92 Å². The minimum atomic E-state index is -4.67. The Balaban J connectivity index is 2.25. The number of aromatic nitrogens is 2. The van der Waals surface area contributed by atoms with Crippen LogP contribution in [0.4, 0.5) is 22.0 Å². The number of hydrogen-bond acceptors (Lipinski definition) is 1. The van der Waals surface area contributed by atoms with Crippen molar-refractivity contribution < 1.29 is 22.0 Å². The van der Waals surface area contributed by atoms with Gasteiger partial charge < -0.3 is 0 Å². The molecule has 0 spiro atoms. The van der Waals surface area contributed by atoms with Crippen molar-refractivity contribution in [3.63, 3.8) is 0 Å². The molecule has 2 aliphatic rings. The van der Waals surface area contributed by atoms with E-state index in [1.807, 2.05) is 0 Å². The molecule has 1 fully saturated rings. The summed E-state index contributed by atoms with van der Waals surface area (Å²) in [5.41, 5.74) is -1.92. The molecule has 1 saturated carbocycles. The predicted molar refractivity (Wildman–Crippen MR) is 52.2 cm³/mol. The standard InChI is InChI=1S/C11H11F5N2/c1-3-18-9-6(8(17-18)11(14,15)16)5-4(2)7(5)10(9,12)13/h4-5,7H,3H2,1-2H3/t4-,5?,7?/m1/s1. The second-order valence-corrected chi connectivity index (χ2v) is 4.96. The van der Waals surface area contributed by atoms with Gasteiger partial charge in [0.1, 0.15) is 5.69 Å². The summed E-state index contributed by atoms with van der Waals surface area (Å²) in [6.45, 7) is 3.09. The quantitative estimate of drug-likeness (QED) is 0.712. The number of halogens is 5. The fourth-order valence-electron chi connectivity index (χ4n) is 3.20. The van der Waals surface area contributed by atoms with Crippen molar-refractivity contribution in [2.24, 2.45) is 11.8 Å². The highest BCUT2D eigenvalue weighted by atomic mass is 19.4. The molecule has 100 valence electrons. The summed E-state index contributed by atoms with van der Waals surface area (Å²) >= 11 is 0. The van der Waals surface area contributed by atoms with E-state index in [0.717, 1.165) is 4.68 Å². The first kappa shape index (κ1) is 11.9. The van der Waals surface area contributed by atoms with E-state index in [1.54, 1.807) is 6.92 Å². The average Bonchev–Trinajstić information content (AvgIpc) is 2.68. The van der Waals surface area contributed by atoms with Crippen LogP contribution in [0.1, 0.15) is 36.7 Å². The van der Waals surface area contributed by atoms with Gasteiger partial charge in [-0.05, 0) is 12.8 Å². The highest BCUT2D eigenvalue weighted by molar-refractivity contribution is 5.48. The van der Waals surface area contributed by atoms with Crippen LogP contribution in [0.2, 0.25) is 0 Å². The second-order valence-electron chi connectivity index (χ2n) is 4.96. The Kier molecular flexibility index (Phi) is 2.02. The van der Waals surface area contributed by atoms with E-state index in [2.05, 4.69) is 5.10 Å². The number of rotatable bonds is 1. The normalized spacial score (nSPS) is 32.3. The van der Waals surface area contributed by atoms with E-state index in [4.69, 9.17) is 0 Å². The molecule has 7 heteroatoms. The third-order valence-corrected chi connectivity index (χ3v) is 4.00. The van der Waals surface area contributed by atoms with Gasteiger partial charge in [0, 0.05) is 23.9 Å². The molecule has 1 aromatic heterocycles. The van der Waals surface area contributed by atoms with Crippen LogP contribution in [-0.4, -0.2) is 9.78 Å². The maximum absolute atomic E-state index is 14.0. The molecule has 1 aromatic rings. The van der Waals surface area contributed by atoms with Crippen LogP contribution in [0.15, 0.2) is 0 Å². The molecule has 3 rings (SSSR count). The van der Waals surface area contributed by atoms with Crippen molar-refractivity contribution >= 4 is 0 Å².